The van der Waals surface area contributed by atoms with Crippen LogP contribution >= 0.6 is 23.4 Å². The Bertz CT molecular complexity index is 1680. The van der Waals surface area contributed by atoms with Gasteiger partial charge in [-0.2, -0.15) is 0 Å². The highest BCUT2D eigenvalue weighted by Crippen LogP contribution is 2.27. The summed E-state index contributed by atoms with van der Waals surface area (Å²) in [4.78, 5) is 50.1. The molecule has 0 saturated heterocycles. The number of thioether (sulfide) groups is 1. The number of non-ortho nitro benzene ring substituents is 1. The van der Waals surface area contributed by atoms with E-state index in [4.69, 9.17) is 11.6 Å². The molecule has 0 saturated carbocycles. The third-order valence-corrected chi connectivity index (χ3v) is 7.54. The Balaban J connectivity index is 1.45. The second-order valence-corrected chi connectivity index (χ2v) is 11.3. The van der Waals surface area contributed by atoms with Crippen LogP contribution in [0.4, 0.5) is 17.1 Å². The van der Waals surface area contributed by atoms with E-state index in [9.17, 15) is 24.5 Å². The zero-order valence-corrected chi connectivity index (χ0v) is 24.7. The van der Waals surface area contributed by atoms with Crippen LogP contribution in [0.3, 0.4) is 0 Å². The molecule has 3 amide bonds. The van der Waals surface area contributed by atoms with E-state index in [1.165, 1.54) is 42.1 Å². The second-order valence-electron chi connectivity index (χ2n) is 9.41. The number of nitro groups is 1. The molecule has 4 aromatic rings. The molecule has 0 bridgehead atoms. The van der Waals surface area contributed by atoms with Crippen LogP contribution in [0.2, 0.25) is 5.02 Å². The molecule has 218 valence electrons. The number of hydrogen-bond donors (Lipinski definition) is 3. The Morgan fingerprint density at radius 3 is 2.23 bits per heavy atom. The van der Waals surface area contributed by atoms with Crippen LogP contribution in [0.5, 0.6) is 0 Å². The monoisotopic (exact) mass is 614 g/mol. The maximum Gasteiger partial charge on any atom is 0.272 e. The zero-order chi connectivity index (χ0) is 30.9. The van der Waals surface area contributed by atoms with E-state index in [1.54, 1.807) is 73.7 Å². The van der Waals surface area contributed by atoms with Crippen LogP contribution in [0.25, 0.3) is 6.08 Å². The van der Waals surface area contributed by atoms with Gasteiger partial charge in [-0.1, -0.05) is 35.9 Å². The lowest BCUT2D eigenvalue weighted by Gasteiger charge is -2.14. The van der Waals surface area contributed by atoms with Gasteiger partial charge in [-0.15, -0.1) is 11.8 Å². The van der Waals surface area contributed by atoms with Gasteiger partial charge in [0, 0.05) is 39.0 Å². The molecule has 43 heavy (non-hydrogen) atoms. The number of carbonyl (C=O) groups is 3. The Morgan fingerprint density at radius 2 is 1.58 bits per heavy atom. The summed E-state index contributed by atoms with van der Waals surface area (Å²) in [6.45, 7) is 3.68. The first-order chi connectivity index (χ1) is 20.6. The lowest BCUT2D eigenvalue weighted by atomic mass is 10.1. The molecular weight excluding hydrogens is 588 g/mol. The third kappa shape index (κ3) is 8.78. The number of nitro benzene ring substituents is 1. The first-order valence-electron chi connectivity index (χ1n) is 13.1. The Morgan fingerprint density at radius 1 is 0.907 bits per heavy atom. The number of nitrogens with one attached hydrogen (secondary N) is 3. The number of anilines is 2. The van der Waals surface area contributed by atoms with Crippen LogP contribution in [-0.4, -0.2) is 27.9 Å². The molecule has 3 N–H and O–H groups in total. The number of aryl methyl sites for hydroxylation is 1. The van der Waals surface area contributed by atoms with E-state index in [2.05, 4.69) is 16.0 Å². The fraction of sp³-hybridized carbons (Fsp3) is 0.0938. The van der Waals surface area contributed by atoms with Crippen molar-refractivity contribution in [1.29, 1.82) is 0 Å². The van der Waals surface area contributed by atoms with Crippen molar-refractivity contribution >= 4 is 64.2 Å². The molecule has 1 atom stereocenters. The van der Waals surface area contributed by atoms with Gasteiger partial charge in [0.2, 0.25) is 5.91 Å². The van der Waals surface area contributed by atoms with E-state index >= 15 is 0 Å². The molecule has 9 nitrogen and oxygen atoms in total. The van der Waals surface area contributed by atoms with Gasteiger partial charge in [0.25, 0.3) is 17.5 Å². The van der Waals surface area contributed by atoms with Crippen molar-refractivity contribution < 1.29 is 19.3 Å². The highest BCUT2D eigenvalue weighted by Gasteiger charge is 2.18. The predicted molar refractivity (Wildman–Crippen MR) is 170 cm³/mol. The highest BCUT2D eigenvalue weighted by atomic mass is 35.5. The van der Waals surface area contributed by atoms with Gasteiger partial charge < -0.3 is 16.0 Å². The first kappa shape index (κ1) is 31.0. The normalized spacial score (nSPS) is 11.7. The average Bonchev–Trinajstić information content (AvgIpc) is 3.00. The minimum atomic E-state index is -0.590. The Labute approximate surface area is 257 Å². The van der Waals surface area contributed by atoms with E-state index in [0.717, 1.165) is 10.5 Å². The Hall–Kier alpha value is -4.93. The van der Waals surface area contributed by atoms with E-state index in [0.29, 0.717) is 27.5 Å². The molecule has 0 aliphatic carbocycles. The minimum absolute atomic E-state index is 0.0530. The van der Waals surface area contributed by atoms with Gasteiger partial charge >= 0.3 is 0 Å². The molecule has 1 unspecified atom stereocenters. The summed E-state index contributed by atoms with van der Waals surface area (Å²) in [5.41, 5.74) is 2.70. The molecule has 11 heteroatoms. The van der Waals surface area contributed by atoms with E-state index in [-0.39, 0.29) is 17.3 Å². The van der Waals surface area contributed by atoms with Crippen molar-refractivity contribution in [2.24, 2.45) is 0 Å². The molecule has 0 aliphatic rings. The SMILES string of the molecule is Cc1ccc(Cl)cc1NC(=O)C(C)Sc1ccc(NC(=O)/C(=C/c2ccc([N+](=O)[O-])cc2)NC(=O)c2ccccc2)cc1. The van der Waals surface area contributed by atoms with Crippen LogP contribution in [0.15, 0.2) is 108 Å². The maximum absolute atomic E-state index is 13.3. The standard InChI is InChI=1S/C32H27ClN4O5S/c1-20-8-11-24(33)19-28(20)35-30(38)21(2)43-27-16-12-25(13-17-27)34-32(40)29(36-31(39)23-6-4-3-5-7-23)18-22-9-14-26(15-10-22)37(41)42/h3-19,21H,1-2H3,(H,34,40)(H,35,38)(H,36,39)/b29-18-. The largest absolute Gasteiger partial charge is 0.325 e. The van der Waals surface area contributed by atoms with Gasteiger partial charge in [-0.3, -0.25) is 24.5 Å². The Kier molecular flexibility index (Phi) is 10.3. The van der Waals surface area contributed by atoms with Crippen molar-refractivity contribution in [3.05, 3.63) is 135 Å². The van der Waals surface area contributed by atoms with Crippen molar-refractivity contribution in [3.8, 4) is 0 Å². The van der Waals surface area contributed by atoms with Crippen molar-refractivity contribution in [2.45, 2.75) is 24.0 Å². The molecule has 0 radical (unpaired) electrons. The fourth-order valence-corrected chi connectivity index (χ4v) is 4.88. The minimum Gasteiger partial charge on any atom is -0.325 e. The fourth-order valence-electron chi connectivity index (χ4n) is 3.84. The van der Waals surface area contributed by atoms with Crippen LogP contribution in [-0.2, 0) is 9.59 Å². The number of rotatable bonds is 10. The van der Waals surface area contributed by atoms with Crippen LogP contribution in [0.1, 0.15) is 28.4 Å². The third-order valence-electron chi connectivity index (χ3n) is 6.20. The summed E-state index contributed by atoms with van der Waals surface area (Å²) < 4.78 is 0. The summed E-state index contributed by atoms with van der Waals surface area (Å²) in [5.74, 6) is -1.26. The topological polar surface area (TPSA) is 130 Å². The quantitative estimate of drug-likeness (QED) is 0.0757. The first-order valence-corrected chi connectivity index (χ1v) is 14.3. The van der Waals surface area contributed by atoms with Gasteiger partial charge in [0.1, 0.15) is 5.70 Å². The lowest BCUT2D eigenvalue weighted by molar-refractivity contribution is -0.384. The molecule has 4 rings (SSSR count). The molecular formula is C32H27ClN4O5S. The number of benzene rings is 4. The zero-order valence-electron chi connectivity index (χ0n) is 23.2. The number of nitrogens with zero attached hydrogens (tertiary/aromatic N) is 1. The van der Waals surface area contributed by atoms with Crippen LogP contribution < -0.4 is 16.0 Å². The smallest absolute Gasteiger partial charge is 0.272 e. The predicted octanol–water partition coefficient (Wildman–Crippen LogP) is 7.09. The molecule has 0 aliphatic heterocycles. The summed E-state index contributed by atoms with van der Waals surface area (Å²) >= 11 is 7.41. The lowest BCUT2D eigenvalue weighted by Crippen LogP contribution is -2.30. The number of halogens is 1. The van der Waals surface area contributed by atoms with Gasteiger partial charge in [-0.25, -0.2) is 0 Å². The summed E-state index contributed by atoms with van der Waals surface area (Å²) in [6, 6.07) is 26.2. The maximum atomic E-state index is 13.3. The van der Waals surface area contributed by atoms with Crippen LogP contribution in [0, 0.1) is 17.0 Å². The number of carbonyl (C=O) groups excluding carboxylic acids is 3. The molecule has 0 fully saturated rings. The summed E-state index contributed by atoms with van der Waals surface area (Å²) in [7, 11) is 0. The second kappa shape index (κ2) is 14.3. The number of hydrogen-bond acceptors (Lipinski definition) is 6. The van der Waals surface area contributed by atoms with E-state index in [1.807, 2.05) is 13.0 Å². The summed E-state index contributed by atoms with van der Waals surface area (Å²) in [6.07, 6.45) is 1.44. The van der Waals surface area contributed by atoms with E-state index < -0.39 is 22.0 Å². The molecule has 0 spiro atoms. The van der Waals surface area contributed by atoms with Gasteiger partial charge in [0.05, 0.1) is 10.2 Å². The van der Waals surface area contributed by atoms with Crippen molar-refractivity contribution in [2.75, 3.05) is 10.6 Å². The van der Waals surface area contributed by atoms with Crippen molar-refractivity contribution in [3.63, 3.8) is 0 Å². The molecule has 0 aromatic heterocycles. The average molecular weight is 615 g/mol. The highest BCUT2D eigenvalue weighted by molar-refractivity contribution is 8.00. The van der Waals surface area contributed by atoms with Gasteiger partial charge in [-0.05, 0) is 91.7 Å². The van der Waals surface area contributed by atoms with Crippen molar-refractivity contribution in [1.82, 2.24) is 5.32 Å². The molecule has 4 aromatic carbocycles. The number of amides is 3. The molecule has 0 heterocycles. The van der Waals surface area contributed by atoms with Gasteiger partial charge in [0.15, 0.2) is 0 Å². The summed E-state index contributed by atoms with van der Waals surface area (Å²) in [5, 5.41) is 19.4.